The smallest absolute Gasteiger partial charge is 0.335 e. The Hall–Kier alpha value is -2.17. The second-order valence-corrected chi connectivity index (χ2v) is 4.00. The van der Waals surface area contributed by atoms with Crippen LogP contribution in [-0.4, -0.2) is 20.9 Å². The quantitative estimate of drug-likeness (QED) is 0.908. The van der Waals surface area contributed by atoms with E-state index in [4.69, 9.17) is 5.11 Å². The van der Waals surface area contributed by atoms with Gasteiger partial charge in [-0.2, -0.15) is 9.49 Å². The third-order valence-electron chi connectivity index (χ3n) is 2.85. The second-order valence-electron chi connectivity index (χ2n) is 4.00. The number of hydrogen-bond acceptors (Lipinski definition) is 2. The molecule has 4 nitrogen and oxygen atoms in total. The van der Waals surface area contributed by atoms with Gasteiger partial charge < -0.3 is 5.11 Å². The van der Waals surface area contributed by atoms with Crippen molar-refractivity contribution >= 4 is 5.97 Å². The van der Waals surface area contributed by atoms with Crippen molar-refractivity contribution in [3.05, 3.63) is 41.5 Å². The van der Waals surface area contributed by atoms with Crippen molar-refractivity contribution in [2.75, 3.05) is 0 Å². The SMILES string of the molecule is CCn1ncc(-c2ccc(C)c(C(=O)O)c2)c1F. The van der Waals surface area contributed by atoms with Gasteiger partial charge in [-0.05, 0) is 31.0 Å². The van der Waals surface area contributed by atoms with Crippen LogP contribution in [0.25, 0.3) is 11.1 Å². The molecule has 94 valence electrons. The van der Waals surface area contributed by atoms with Gasteiger partial charge in [0.15, 0.2) is 0 Å². The summed E-state index contributed by atoms with van der Waals surface area (Å²) in [6.07, 6.45) is 1.41. The third kappa shape index (κ3) is 1.99. The molecule has 1 heterocycles. The van der Waals surface area contributed by atoms with Gasteiger partial charge in [-0.1, -0.05) is 12.1 Å². The van der Waals surface area contributed by atoms with E-state index in [1.807, 2.05) is 0 Å². The maximum Gasteiger partial charge on any atom is 0.335 e. The van der Waals surface area contributed by atoms with Crippen LogP contribution in [0.4, 0.5) is 4.39 Å². The van der Waals surface area contributed by atoms with Gasteiger partial charge in [0.25, 0.3) is 0 Å². The number of carboxylic acid groups (broad SMARTS) is 1. The molecule has 0 spiro atoms. The maximum atomic E-state index is 13.9. The van der Waals surface area contributed by atoms with Crippen LogP contribution in [-0.2, 0) is 6.54 Å². The summed E-state index contributed by atoms with van der Waals surface area (Å²) < 4.78 is 15.1. The summed E-state index contributed by atoms with van der Waals surface area (Å²) in [4.78, 5) is 11.0. The van der Waals surface area contributed by atoms with Crippen LogP contribution in [0.5, 0.6) is 0 Å². The Bertz CT molecular complexity index is 605. The van der Waals surface area contributed by atoms with Gasteiger partial charge in [-0.15, -0.1) is 0 Å². The van der Waals surface area contributed by atoms with E-state index in [-0.39, 0.29) is 5.56 Å². The van der Waals surface area contributed by atoms with Crippen molar-refractivity contribution in [1.29, 1.82) is 0 Å². The molecule has 0 atom stereocenters. The van der Waals surface area contributed by atoms with Crippen molar-refractivity contribution in [2.45, 2.75) is 20.4 Å². The molecular weight excluding hydrogens is 235 g/mol. The topological polar surface area (TPSA) is 55.1 Å². The molecule has 18 heavy (non-hydrogen) atoms. The Morgan fingerprint density at radius 2 is 2.22 bits per heavy atom. The fourth-order valence-corrected chi connectivity index (χ4v) is 1.80. The first-order valence-electron chi connectivity index (χ1n) is 5.60. The predicted octanol–water partition coefficient (Wildman–Crippen LogP) is 2.72. The van der Waals surface area contributed by atoms with Crippen LogP contribution in [0.15, 0.2) is 24.4 Å². The van der Waals surface area contributed by atoms with E-state index in [1.54, 1.807) is 26.0 Å². The van der Waals surface area contributed by atoms with Crippen molar-refractivity contribution in [3.63, 3.8) is 0 Å². The molecule has 1 aromatic carbocycles. The van der Waals surface area contributed by atoms with E-state index in [0.29, 0.717) is 23.2 Å². The highest BCUT2D eigenvalue weighted by atomic mass is 19.1. The van der Waals surface area contributed by atoms with Gasteiger partial charge in [0.1, 0.15) is 0 Å². The number of carboxylic acids is 1. The molecule has 0 aliphatic heterocycles. The molecule has 0 saturated heterocycles. The average molecular weight is 248 g/mol. The zero-order valence-electron chi connectivity index (χ0n) is 10.1. The highest BCUT2D eigenvalue weighted by Gasteiger charge is 2.14. The molecule has 1 N–H and O–H groups in total. The van der Waals surface area contributed by atoms with Crippen molar-refractivity contribution in [2.24, 2.45) is 0 Å². The Morgan fingerprint density at radius 1 is 1.50 bits per heavy atom. The number of carbonyl (C=O) groups is 1. The first-order chi connectivity index (χ1) is 8.54. The standard InChI is InChI=1S/C13H13FN2O2/c1-3-16-12(14)11(7-15-16)9-5-4-8(2)10(6-9)13(17)18/h4-7H,3H2,1-2H3,(H,17,18). The van der Waals surface area contributed by atoms with Gasteiger partial charge in [0.2, 0.25) is 5.95 Å². The molecule has 0 saturated carbocycles. The number of nitrogens with zero attached hydrogens (tertiary/aromatic N) is 2. The van der Waals surface area contributed by atoms with E-state index in [1.165, 1.54) is 16.9 Å². The van der Waals surface area contributed by atoms with Crippen LogP contribution in [0.2, 0.25) is 0 Å². The fraction of sp³-hybridized carbons (Fsp3) is 0.231. The third-order valence-corrected chi connectivity index (χ3v) is 2.85. The summed E-state index contributed by atoms with van der Waals surface area (Å²) in [5.74, 6) is -1.46. The molecule has 0 aliphatic rings. The molecule has 1 aromatic heterocycles. The van der Waals surface area contributed by atoms with Gasteiger partial charge in [0, 0.05) is 6.54 Å². The summed E-state index contributed by atoms with van der Waals surface area (Å²) in [6.45, 7) is 3.93. The van der Waals surface area contributed by atoms with Crippen LogP contribution in [0.3, 0.4) is 0 Å². The largest absolute Gasteiger partial charge is 0.478 e. The molecule has 0 radical (unpaired) electrons. The van der Waals surface area contributed by atoms with Crippen LogP contribution >= 0.6 is 0 Å². The molecule has 2 aromatic rings. The van der Waals surface area contributed by atoms with Gasteiger partial charge in [-0.25, -0.2) is 9.48 Å². The molecule has 0 fully saturated rings. The highest BCUT2D eigenvalue weighted by molar-refractivity contribution is 5.91. The summed E-state index contributed by atoms with van der Waals surface area (Å²) in [6, 6.07) is 4.83. The molecule has 0 unspecified atom stereocenters. The van der Waals surface area contributed by atoms with Gasteiger partial charge in [0.05, 0.1) is 17.3 Å². The number of halogens is 1. The minimum atomic E-state index is -1.02. The van der Waals surface area contributed by atoms with Crippen molar-refractivity contribution in [1.82, 2.24) is 9.78 Å². The van der Waals surface area contributed by atoms with E-state index >= 15 is 0 Å². The van der Waals surface area contributed by atoms with E-state index in [9.17, 15) is 9.18 Å². The number of aromatic carboxylic acids is 1. The Morgan fingerprint density at radius 3 is 2.78 bits per heavy atom. The minimum Gasteiger partial charge on any atom is -0.478 e. The first kappa shape index (κ1) is 12.3. The molecular formula is C13H13FN2O2. The lowest BCUT2D eigenvalue weighted by atomic mass is 10.0. The summed E-state index contributed by atoms with van der Waals surface area (Å²) in [5.41, 5.74) is 1.67. The number of hydrogen-bond donors (Lipinski definition) is 1. The Balaban J connectivity index is 2.54. The maximum absolute atomic E-state index is 13.9. The van der Waals surface area contributed by atoms with Crippen LogP contribution in [0, 0.1) is 12.9 Å². The lowest BCUT2D eigenvalue weighted by Crippen LogP contribution is -2.01. The van der Waals surface area contributed by atoms with E-state index in [0.717, 1.165) is 0 Å². The normalized spacial score (nSPS) is 10.6. The monoisotopic (exact) mass is 248 g/mol. The number of aromatic nitrogens is 2. The second kappa shape index (κ2) is 4.60. The van der Waals surface area contributed by atoms with E-state index < -0.39 is 11.9 Å². The van der Waals surface area contributed by atoms with Gasteiger partial charge >= 0.3 is 5.97 Å². The van der Waals surface area contributed by atoms with Gasteiger partial charge in [-0.3, -0.25) is 0 Å². The zero-order chi connectivity index (χ0) is 13.3. The molecule has 0 aliphatic carbocycles. The lowest BCUT2D eigenvalue weighted by molar-refractivity contribution is 0.0696. The van der Waals surface area contributed by atoms with Crippen molar-refractivity contribution in [3.8, 4) is 11.1 Å². The lowest BCUT2D eigenvalue weighted by Gasteiger charge is -2.04. The van der Waals surface area contributed by atoms with Crippen molar-refractivity contribution < 1.29 is 14.3 Å². The first-order valence-corrected chi connectivity index (χ1v) is 5.60. The Kier molecular flexibility index (Phi) is 3.14. The number of aryl methyl sites for hydroxylation is 2. The Labute approximate surface area is 104 Å². The highest BCUT2D eigenvalue weighted by Crippen LogP contribution is 2.24. The molecule has 0 bridgehead atoms. The number of benzene rings is 1. The summed E-state index contributed by atoms with van der Waals surface area (Å²) in [5, 5.41) is 12.9. The summed E-state index contributed by atoms with van der Waals surface area (Å²) in [7, 11) is 0. The number of rotatable bonds is 3. The molecule has 2 rings (SSSR count). The molecule has 0 amide bonds. The average Bonchev–Trinajstić information content (AvgIpc) is 2.71. The van der Waals surface area contributed by atoms with Crippen LogP contribution in [0.1, 0.15) is 22.8 Å². The van der Waals surface area contributed by atoms with Crippen LogP contribution < -0.4 is 0 Å². The fourth-order valence-electron chi connectivity index (χ4n) is 1.80. The predicted molar refractivity (Wildman–Crippen MR) is 65.0 cm³/mol. The summed E-state index contributed by atoms with van der Waals surface area (Å²) >= 11 is 0. The van der Waals surface area contributed by atoms with E-state index in [2.05, 4.69) is 5.10 Å². The molecule has 5 heteroatoms. The zero-order valence-corrected chi connectivity index (χ0v) is 10.1. The minimum absolute atomic E-state index is 0.177.